The largest absolute Gasteiger partial charge is 0.465 e. The number of aliphatic imine (C=N–C) groups is 1. The summed E-state index contributed by atoms with van der Waals surface area (Å²) in [4.78, 5) is 16.9. The van der Waals surface area contributed by atoms with Crippen LogP contribution in [0.4, 0.5) is 4.79 Å². The Morgan fingerprint density at radius 2 is 2.19 bits per heavy atom. The van der Waals surface area contributed by atoms with Gasteiger partial charge in [0.05, 0.1) is 19.2 Å². The maximum atomic E-state index is 11.0. The number of carboxylic acid groups (broad SMARTS) is 1. The number of rotatable bonds is 4. The highest BCUT2D eigenvalue weighted by Gasteiger charge is 2.28. The Morgan fingerprint density at radius 1 is 1.48 bits per heavy atom. The van der Waals surface area contributed by atoms with Crippen molar-refractivity contribution in [2.24, 2.45) is 4.99 Å². The molecule has 6 nitrogen and oxygen atoms in total. The van der Waals surface area contributed by atoms with E-state index in [-0.39, 0.29) is 25.3 Å². The fourth-order valence-electron chi connectivity index (χ4n) is 2.44. The summed E-state index contributed by atoms with van der Waals surface area (Å²) in [6.07, 6.45) is -0.779. The molecule has 0 bridgehead atoms. The average Bonchev–Trinajstić information content (AvgIpc) is 2.53. The molecule has 6 heteroatoms. The molecule has 0 spiro atoms. The van der Waals surface area contributed by atoms with Gasteiger partial charge in [0.15, 0.2) is 0 Å². The van der Waals surface area contributed by atoms with Crippen molar-refractivity contribution in [2.75, 3.05) is 26.8 Å². The van der Waals surface area contributed by atoms with Crippen molar-refractivity contribution in [3.8, 4) is 0 Å². The van der Waals surface area contributed by atoms with Gasteiger partial charge in [-0.1, -0.05) is 30.3 Å². The highest BCUT2D eigenvalue weighted by Crippen LogP contribution is 2.20. The second kappa shape index (κ2) is 7.19. The van der Waals surface area contributed by atoms with Crippen molar-refractivity contribution in [2.45, 2.75) is 18.6 Å². The lowest BCUT2D eigenvalue weighted by atomic mass is 10.0. The number of ether oxygens (including phenoxy) is 1. The number of aliphatic hydroxyl groups excluding tert-OH is 1. The minimum absolute atomic E-state index is 0.0907. The van der Waals surface area contributed by atoms with Gasteiger partial charge in [-0.25, -0.2) is 4.79 Å². The number of hydrogen-bond acceptors (Lipinski definition) is 4. The van der Waals surface area contributed by atoms with E-state index in [0.29, 0.717) is 13.0 Å². The van der Waals surface area contributed by atoms with Gasteiger partial charge in [-0.05, 0) is 5.56 Å². The first-order valence-electron chi connectivity index (χ1n) is 6.88. The maximum Gasteiger partial charge on any atom is 0.407 e. The molecule has 1 heterocycles. The summed E-state index contributed by atoms with van der Waals surface area (Å²) in [5.74, 6) is 0. The molecule has 1 aromatic rings. The van der Waals surface area contributed by atoms with E-state index < -0.39 is 6.09 Å². The van der Waals surface area contributed by atoms with Crippen molar-refractivity contribution in [1.82, 2.24) is 4.90 Å². The Hall–Kier alpha value is -1.92. The number of hydrogen-bond donors (Lipinski definition) is 2. The topological polar surface area (TPSA) is 82.4 Å². The number of benzene rings is 1. The Labute approximate surface area is 123 Å². The van der Waals surface area contributed by atoms with Gasteiger partial charge in [0.25, 0.3) is 0 Å². The normalized spacial score (nSPS) is 22.3. The van der Waals surface area contributed by atoms with Crippen molar-refractivity contribution < 1.29 is 19.7 Å². The van der Waals surface area contributed by atoms with Crippen LogP contribution in [0.3, 0.4) is 0 Å². The van der Waals surface area contributed by atoms with Gasteiger partial charge < -0.3 is 19.8 Å². The molecule has 0 saturated carbocycles. The van der Waals surface area contributed by atoms with Crippen LogP contribution in [0.2, 0.25) is 0 Å². The molecule has 1 aliphatic heterocycles. The van der Waals surface area contributed by atoms with Crippen LogP contribution in [-0.4, -0.2) is 59.8 Å². The number of aliphatic hydroxyl groups is 1. The molecule has 21 heavy (non-hydrogen) atoms. The SMILES string of the molecule is CO[C@@H]1CN(C(=O)O)CCC1=NC(CO)c1ccccc1. The third kappa shape index (κ3) is 3.80. The van der Waals surface area contributed by atoms with Crippen molar-refractivity contribution >= 4 is 11.8 Å². The van der Waals surface area contributed by atoms with E-state index in [1.165, 1.54) is 4.90 Å². The van der Waals surface area contributed by atoms with Gasteiger partial charge in [-0.15, -0.1) is 0 Å². The minimum atomic E-state index is -0.946. The zero-order valence-electron chi connectivity index (χ0n) is 12.0. The highest BCUT2D eigenvalue weighted by molar-refractivity contribution is 5.91. The van der Waals surface area contributed by atoms with E-state index in [0.717, 1.165) is 11.3 Å². The number of methoxy groups -OCH3 is 1. The van der Waals surface area contributed by atoms with Crippen LogP contribution in [0.1, 0.15) is 18.0 Å². The van der Waals surface area contributed by atoms with Gasteiger partial charge in [0, 0.05) is 25.8 Å². The van der Waals surface area contributed by atoms with Crippen LogP contribution in [0.5, 0.6) is 0 Å². The fraction of sp³-hybridized carbons (Fsp3) is 0.467. The van der Waals surface area contributed by atoms with E-state index in [1.807, 2.05) is 30.3 Å². The zero-order chi connectivity index (χ0) is 15.2. The molecule has 1 unspecified atom stereocenters. The van der Waals surface area contributed by atoms with Crippen LogP contribution in [-0.2, 0) is 4.74 Å². The Balaban J connectivity index is 2.16. The summed E-state index contributed by atoms with van der Waals surface area (Å²) in [7, 11) is 1.54. The van der Waals surface area contributed by atoms with Gasteiger partial charge in [-0.2, -0.15) is 0 Å². The van der Waals surface area contributed by atoms with E-state index in [9.17, 15) is 9.90 Å². The molecule has 0 radical (unpaired) electrons. The number of amides is 1. The number of nitrogens with zero attached hydrogens (tertiary/aromatic N) is 2. The third-order valence-corrected chi connectivity index (χ3v) is 3.63. The predicted octanol–water partition coefficient (Wildman–Crippen LogP) is 1.56. The second-order valence-electron chi connectivity index (χ2n) is 4.93. The summed E-state index contributed by atoms with van der Waals surface area (Å²) in [6.45, 7) is 0.588. The van der Waals surface area contributed by atoms with Gasteiger partial charge in [0.1, 0.15) is 6.10 Å². The van der Waals surface area contributed by atoms with Crippen molar-refractivity contribution in [3.05, 3.63) is 35.9 Å². The van der Waals surface area contributed by atoms with E-state index in [1.54, 1.807) is 7.11 Å². The Kier molecular flexibility index (Phi) is 5.30. The van der Waals surface area contributed by atoms with Crippen molar-refractivity contribution in [1.29, 1.82) is 0 Å². The molecule has 1 aromatic carbocycles. The molecule has 2 atom stereocenters. The van der Waals surface area contributed by atoms with E-state index >= 15 is 0 Å². The molecule has 2 N–H and O–H groups in total. The smallest absolute Gasteiger partial charge is 0.407 e. The third-order valence-electron chi connectivity index (χ3n) is 3.63. The molecular formula is C15H20N2O4. The fourth-order valence-corrected chi connectivity index (χ4v) is 2.44. The lowest BCUT2D eigenvalue weighted by Gasteiger charge is -2.31. The monoisotopic (exact) mass is 292 g/mol. The number of piperidine rings is 1. The molecule has 0 aliphatic carbocycles. The lowest BCUT2D eigenvalue weighted by Crippen LogP contribution is -2.47. The molecular weight excluding hydrogens is 272 g/mol. The van der Waals surface area contributed by atoms with E-state index in [4.69, 9.17) is 9.84 Å². The van der Waals surface area contributed by atoms with Crippen molar-refractivity contribution in [3.63, 3.8) is 0 Å². The van der Waals surface area contributed by atoms with Crippen LogP contribution in [0.25, 0.3) is 0 Å². The first-order chi connectivity index (χ1) is 10.2. The summed E-state index contributed by atoms with van der Waals surface area (Å²) < 4.78 is 5.35. The maximum absolute atomic E-state index is 11.0. The standard InChI is InChI=1S/C15H20N2O4/c1-21-14-9-17(15(19)20)8-7-12(14)16-13(10-18)11-5-3-2-4-6-11/h2-6,13-14,18H,7-10H2,1H3,(H,19,20)/t13?,14-/m1/s1. The van der Waals surface area contributed by atoms with Gasteiger partial charge in [-0.3, -0.25) is 4.99 Å². The number of likely N-dealkylation sites (tertiary alicyclic amines) is 1. The second-order valence-corrected chi connectivity index (χ2v) is 4.93. The first kappa shape index (κ1) is 15.5. The van der Waals surface area contributed by atoms with Gasteiger partial charge in [0.2, 0.25) is 0 Å². The summed E-state index contributed by atoms with van der Waals surface area (Å²) in [5.41, 5.74) is 1.74. The molecule has 1 fully saturated rings. The average molecular weight is 292 g/mol. The van der Waals surface area contributed by atoms with Crippen LogP contribution in [0.15, 0.2) is 35.3 Å². The quantitative estimate of drug-likeness (QED) is 0.882. The summed E-state index contributed by atoms with van der Waals surface area (Å²) in [6, 6.07) is 9.21. The summed E-state index contributed by atoms with van der Waals surface area (Å²) in [5, 5.41) is 18.6. The molecule has 1 amide bonds. The Morgan fingerprint density at radius 3 is 2.76 bits per heavy atom. The highest BCUT2D eigenvalue weighted by atomic mass is 16.5. The van der Waals surface area contributed by atoms with Gasteiger partial charge >= 0.3 is 6.09 Å². The first-order valence-corrected chi connectivity index (χ1v) is 6.88. The molecule has 0 aromatic heterocycles. The summed E-state index contributed by atoms with van der Waals surface area (Å²) >= 11 is 0. The minimum Gasteiger partial charge on any atom is -0.465 e. The Bertz CT molecular complexity index is 504. The molecule has 2 rings (SSSR count). The van der Waals surface area contributed by atoms with Crippen LogP contribution < -0.4 is 0 Å². The molecule has 114 valence electrons. The van der Waals surface area contributed by atoms with E-state index in [2.05, 4.69) is 4.99 Å². The van der Waals surface area contributed by atoms with Crippen LogP contribution in [0, 0.1) is 0 Å². The predicted molar refractivity (Wildman–Crippen MR) is 78.7 cm³/mol. The van der Waals surface area contributed by atoms with Crippen LogP contribution >= 0.6 is 0 Å². The zero-order valence-corrected chi connectivity index (χ0v) is 12.0. The number of carbonyl (C=O) groups is 1. The molecule has 1 saturated heterocycles. The lowest BCUT2D eigenvalue weighted by molar-refractivity contribution is 0.0856. The molecule has 1 aliphatic rings.